The molecule has 0 saturated carbocycles. The van der Waals surface area contributed by atoms with Crippen molar-refractivity contribution < 1.29 is 9.18 Å². The molecule has 1 rings (SSSR count). The minimum absolute atomic E-state index is 0.0627. The lowest BCUT2D eigenvalue weighted by Gasteiger charge is -2.06. The van der Waals surface area contributed by atoms with E-state index in [9.17, 15) is 9.18 Å². The third-order valence-corrected chi connectivity index (χ3v) is 2.19. The number of hydrogen-bond donors (Lipinski definition) is 2. The fourth-order valence-electron chi connectivity index (χ4n) is 1.34. The topological polar surface area (TPSA) is 55.1 Å². The number of halogens is 1. The van der Waals surface area contributed by atoms with Crippen LogP contribution in [-0.4, -0.2) is 11.9 Å². The highest BCUT2D eigenvalue weighted by atomic mass is 19.1. The second kappa shape index (κ2) is 6.23. The zero-order valence-corrected chi connectivity index (χ0v) is 9.37. The van der Waals surface area contributed by atoms with E-state index in [2.05, 4.69) is 5.32 Å². The van der Waals surface area contributed by atoms with E-state index in [0.717, 1.165) is 12.8 Å². The normalized spacial score (nSPS) is 12.2. The van der Waals surface area contributed by atoms with Crippen LogP contribution < -0.4 is 11.1 Å². The van der Waals surface area contributed by atoms with Gasteiger partial charge in [0.15, 0.2) is 0 Å². The first-order valence-electron chi connectivity index (χ1n) is 5.39. The third kappa shape index (κ3) is 4.89. The van der Waals surface area contributed by atoms with Gasteiger partial charge in [-0.2, -0.15) is 0 Å². The van der Waals surface area contributed by atoms with Crippen LogP contribution in [0.3, 0.4) is 0 Å². The number of benzene rings is 1. The predicted octanol–water partition coefficient (Wildman–Crippen LogP) is 2.28. The SMILES string of the molecule is CC(N)CCCC(=O)Nc1ccc(F)cc1. The number of anilines is 1. The van der Waals surface area contributed by atoms with Crippen molar-refractivity contribution >= 4 is 11.6 Å². The Hall–Kier alpha value is -1.42. The predicted molar refractivity (Wildman–Crippen MR) is 62.5 cm³/mol. The summed E-state index contributed by atoms with van der Waals surface area (Å²) in [5.41, 5.74) is 6.19. The van der Waals surface area contributed by atoms with E-state index in [4.69, 9.17) is 5.73 Å². The molecule has 0 aliphatic heterocycles. The van der Waals surface area contributed by atoms with Gasteiger partial charge in [0.05, 0.1) is 0 Å². The van der Waals surface area contributed by atoms with Crippen LogP contribution >= 0.6 is 0 Å². The summed E-state index contributed by atoms with van der Waals surface area (Å²) in [4.78, 5) is 11.4. The number of carbonyl (C=O) groups excluding carboxylic acids is 1. The van der Waals surface area contributed by atoms with E-state index in [1.54, 1.807) is 12.1 Å². The van der Waals surface area contributed by atoms with Crippen LogP contribution in [0.1, 0.15) is 26.2 Å². The molecule has 0 fully saturated rings. The van der Waals surface area contributed by atoms with Gasteiger partial charge in [0.1, 0.15) is 5.82 Å². The van der Waals surface area contributed by atoms with Gasteiger partial charge in [-0.15, -0.1) is 0 Å². The number of hydrogen-bond acceptors (Lipinski definition) is 2. The van der Waals surface area contributed by atoms with Crippen molar-refractivity contribution in [2.75, 3.05) is 5.32 Å². The Balaban J connectivity index is 2.31. The first kappa shape index (κ1) is 12.6. The fourth-order valence-corrected chi connectivity index (χ4v) is 1.34. The number of nitrogens with two attached hydrogens (primary N) is 1. The van der Waals surface area contributed by atoms with Crippen LogP contribution in [0.25, 0.3) is 0 Å². The number of rotatable bonds is 5. The summed E-state index contributed by atoms with van der Waals surface area (Å²) in [6.07, 6.45) is 2.04. The number of carbonyl (C=O) groups is 1. The maximum absolute atomic E-state index is 12.6. The Bertz CT molecular complexity index is 335. The molecule has 0 saturated heterocycles. The van der Waals surface area contributed by atoms with Gasteiger partial charge in [-0.3, -0.25) is 4.79 Å². The molecular weight excluding hydrogens is 207 g/mol. The van der Waals surface area contributed by atoms with Crippen molar-refractivity contribution in [2.24, 2.45) is 5.73 Å². The quantitative estimate of drug-likeness (QED) is 0.806. The van der Waals surface area contributed by atoms with Crippen molar-refractivity contribution in [3.8, 4) is 0 Å². The molecule has 3 nitrogen and oxygen atoms in total. The summed E-state index contributed by atoms with van der Waals surface area (Å²) in [5.74, 6) is -0.373. The van der Waals surface area contributed by atoms with Gasteiger partial charge >= 0.3 is 0 Å². The van der Waals surface area contributed by atoms with Gasteiger partial charge < -0.3 is 11.1 Å². The average Bonchev–Trinajstić information content (AvgIpc) is 2.21. The summed E-state index contributed by atoms with van der Waals surface area (Å²) in [6.45, 7) is 1.91. The molecule has 1 atom stereocenters. The molecule has 1 amide bonds. The standard InChI is InChI=1S/C12H17FN2O/c1-9(14)3-2-4-12(16)15-11-7-5-10(13)6-8-11/h5-9H,2-4,14H2,1H3,(H,15,16). The van der Waals surface area contributed by atoms with E-state index in [1.807, 2.05) is 6.92 Å². The monoisotopic (exact) mass is 224 g/mol. The van der Waals surface area contributed by atoms with Crippen molar-refractivity contribution in [3.63, 3.8) is 0 Å². The lowest BCUT2D eigenvalue weighted by Crippen LogP contribution is -2.16. The van der Waals surface area contributed by atoms with Crippen LogP contribution in [0.15, 0.2) is 24.3 Å². The summed E-state index contributed by atoms with van der Waals surface area (Å²) in [6, 6.07) is 5.84. The number of amides is 1. The van der Waals surface area contributed by atoms with Gasteiger partial charge in [0.25, 0.3) is 0 Å². The molecule has 0 heterocycles. The second-order valence-corrected chi connectivity index (χ2v) is 3.92. The lowest BCUT2D eigenvalue weighted by atomic mass is 10.1. The molecule has 1 aromatic rings. The number of nitrogens with one attached hydrogen (secondary N) is 1. The maximum Gasteiger partial charge on any atom is 0.224 e. The van der Waals surface area contributed by atoms with Crippen molar-refractivity contribution in [3.05, 3.63) is 30.1 Å². The van der Waals surface area contributed by atoms with E-state index in [-0.39, 0.29) is 17.8 Å². The first-order valence-corrected chi connectivity index (χ1v) is 5.39. The summed E-state index contributed by atoms with van der Waals surface area (Å²) in [5, 5.41) is 2.70. The Morgan fingerprint density at radius 3 is 2.62 bits per heavy atom. The Labute approximate surface area is 94.8 Å². The van der Waals surface area contributed by atoms with Gasteiger partial charge in [0.2, 0.25) is 5.91 Å². The van der Waals surface area contributed by atoms with Gasteiger partial charge in [-0.05, 0) is 44.0 Å². The van der Waals surface area contributed by atoms with Crippen LogP contribution in [-0.2, 0) is 4.79 Å². The summed E-state index contributed by atoms with van der Waals surface area (Å²) < 4.78 is 12.6. The van der Waals surface area contributed by atoms with Crippen LogP contribution in [0.5, 0.6) is 0 Å². The first-order chi connectivity index (χ1) is 7.58. The molecule has 16 heavy (non-hydrogen) atoms. The zero-order valence-electron chi connectivity index (χ0n) is 9.37. The third-order valence-electron chi connectivity index (χ3n) is 2.19. The largest absolute Gasteiger partial charge is 0.328 e. The second-order valence-electron chi connectivity index (χ2n) is 3.92. The highest BCUT2D eigenvalue weighted by molar-refractivity contribution is 5.90. The molecule has 0 spiro atoms. The van der Waals surface area contributed by atoms with E-state index >= 15 is 0 Å². The smallest absolute Gasteiger partial charge is 0.224 e. The van der Waals surface area contributed by atoms with Crippen molar-refractivity contribution in [1.29, 1.82) is 0 Å². The van der Waals surface area contributed by atoms with Gasteiger partial charge in [0, 0.05) is 18.2 Å². The van der Waals surface area contributed by atoms with Gasteiger partial charge in [-0.25, -0.2) is 4.39 Å². The highest BCUT2D eigenvalue weighted by Crippen LogP contribution is 2.09. The molecule has 88 valence electrons. The van der Waals surface area contributed by atoms with Gasteiger partial charge in [-0.1, -0.05) is 0 Å². The summed E-state index contributed by atoms with van der Waals surface area (Å²) >= 11 is 0. The fraction of sp³-hybridized carbons (Fsp3) is 0.417. The van der Waals surface area contributed by atoms with Crippen LogP contribution in [0, 0.1) is 5.82 Å². The zero-order chi connectivity index (χ0) is 12.0. The highest BCUT2D eigenvalue weighted by Gasteiger charge is 2.03. The molecule has 0 bridgehead atoms. The van der Waals surface area contributed by atoms with Crippen molar-refractivity contribution in [2.45, 2.75) is 32.2 Å². The van der Waals surface area contributed by atoms with Crippen LogP contribution in [0.4, 0.5) is 10.1 Å². The summed E-state index contributed by atoms with van der Waals surface area (Å²) in [7, 11) is 0. The molecular formula is C12H17FN2O. The Morgan fingerprint density at radius 2 is 2.06 bits per heavy atom. The minimum atomic E-state index is -0.310. The molecule has 0 radical (unpaired) electrons. The lowest BCUT2D eigenvalue weighted by molar-refractivity contribution is -0.116. The Morgan fingerprint density at radius 1 is 1.44 bits per heavy atom. The molecule has 0 aromatic heterocycles. The molecule has 0 aliphatic rings. The maximum atomic E-state index is 12.6. The molecule has 1 aromatic carbocycles. The molecule has 1 unspecified atom stereocenters. The molecule has 3 N–H and O–H groups in total. The molecule has 0 aliphatic carbocycles. The average molecular weight is 224 g/mol. The van der Waals surface area contributed by atoms with E-state index < -0.39 is 0 Å². The van der Waals surface area contributed by atoms with Crippen molar-refractivity contribution in [1.82, 2.24) is 0 Å². The minimum Gasteiger partial charge on any atom is -0.328 e. The molecule has 4 heteroatoms. The van der Waals surface area contributed by atoms with E-state index in [1.165, 1.54) is 12.1 Å². The van der Waals surface area contributed by atoms with E-state index in [0.29, 0.717) is 12.1 Å². The van der Waals surface area contributed by atoms with Crippen LogP contribution in [0.2, 0.25) is 0 Å². The Kier molecular flexibility index (Phi) is 4.92.